The number of aliphatic carboxylic acids is 1. The van der Waals surface area contributed by atoms with Crippen molar-refractivity contribution in [3.63, 3.8) is 0 Å². The molecule has 1 saturated carbocycles. The standard InChI is InChI=1S/C15H17N3O4/c1-17-10-4-2-3-5-11(10)18(15(17)22)8-12(19)16-13(14(20)21)9-6-7-9/h2-5,9,13H,6-8H2,1H3,(H,16,19)(H,20,21). The van der Waals surface area contributed by atoms with Crippen molar-refractivity contribution in [1.29, 1.82) is 0 Å². The first kappa shape index (κ1) is 14.4. The quantitative estimate of drug-likeness (QED) is 0.832. The molecule has 3 rings (SSSR count). The van der Waals surface area contributed by atoms with Crippen LogP contribution in [0.25, 0.3) is 11.0 Å². The third-order valence-electron chi connectivity index (χ3n) is 4.03. The molecule has 1 unspecified atom stereocenters. The van der Waals surface area contributed by atoms with Crippen LogP contribution in [0.15, 0.2) is 29.1 Å². The molecule has 0 spiro atoms. The summed E-state index contributed by atoms with van der Waals surface area (Å²) in [5, 5.41) is 11.7. The maximum atomic E-state index is 12.2. The van der Waals surface area contributed by atoms with Crippen molar-refractivity contribution in [2.45, 2.75) is 25.4 Å². The van der Waals surface area contributed by atoms with Gasteiger partial charge in [0.25, 0.3) is 0 Å². The molecule has 0 saturated heterocycles. The second-order valence-corrected chi connectivity index (χ2v) is 5.64. The highest BCUT2D eigenvalue weighted by atomic mass is 16.4. The highest BCUT2D eigenvalue weighted by Crippen LogP contribution is 2.32. The van der Waals surface area contributed by atoms with E-state index in [0.717, 1.165) is 18.4 Å². The Morgan fingerprint density at radius 1 is 1.32 bits per heavy atom. The molecule has 1 aromatic carbocycles. The van der Waals surface area contributed by atoms with Crippen LogP contribution in [-0.2, 0) is 23.2 Å². The van der Waals surface area contributed by atoms with Crippen LogP contribution in [-0.4, -0.2) is 32.2 Å². The number of para-hydroxylation sites is 2. The Hall–Kier alpha value is -2.57. The van der Waals surface area contributed by atoms with E-state index in [0.29, 0.717) is 5.52 Å². The third kappa shape index (κ3) is 2.49. The molecular formula is C15H17N3O4. The predicted molar refractivity (Wildman–Crippen MR) is 79.5 cm³/mol. The zero-order valence-corrected chi connectivity index (χ0v) is 12.2. The van der Waals surface area contributed by atoms with Crippen LogP contribution in [0, 0.1) is 5.92 Å². The molecule has 0 bridgehead atoms. The number of amides is 1. The second kappa shape index (κ2) is 5.32. The normalized spacial score (nSPS) is 15.7. The van der Waals surface area contributed by atoms with Crippen LogP contribution in [0.1, 0.15) is 12.8 Å². The summed E-state index contributed by atoms with van der Waals surface area (Å²) in [4.78, 5) is 35.5. The average molecular weight is 303 g/mol. The highest BCUT2D eigenvalue weighted by molar-refractivity contribution is 5.85. The number of fused-ring (bicyclic) bond motifs is 1. The van der Waals surface area contributed by atoms with E-state index in [1.165, 1.54) is 9.13 Å². The molecular weight excluding hydrogens is 286 g/mol. The fourth-order valence-corrected chi connectivity index (χ4v) is 2.69. The molecule has 1 aliphatic carbocycles. The summed E-state index contributed by atoms with van der Waals surface area (Å²) in [5.74, 6) is -1.48. The molecule has 22 heavy (non-hydrogen) atoms. The van der Waals surface area contributed by atoms with E-state index in [9.17, 15) is 14.4 Å². The van der Waals surface area contributed by atoms with E-state index in [4.69, 9.17) is 5.11 Å². The summed E-state index contributed by atoms with van der Waals surface area (Å²) in [6.45, 7) is -0.184. The minimum absolute atomic E-state index is 0.00527. The number of imidazole rings is 1. The van der Waals surface area contributed by atoms with Gasteiger partial charge in [0, 0.05) is 7.05 Å². The molecule has 0 aliphatic heterocycles. The Morgan fingerprint density at radius 2 is 1.95 bits per heavy atom. The Bertz CT molecular complexity index is 801. The molecule has 1 atom stereocenters. The zero-order valence-electron chi connectivity index (χ0n) is 12.2. The molecule has 1 aliphatic rings. The van der Waals surface area contributed by atoms with Crippen molar-refractivity contribution < 1.29 is 14.7 Å². The first-order valence-corrected chi connectivity index (χ1v) is 7.15. The van der Waals surface area contributed by atoms with Crippen LogP contribution in [0.4, 0.5) is 0 Å². The molecule has 7 nitrogen and oxygen atoms in total. The fraction of sp³-hybridized carbons (Fsp3) is 0.400. The van der Waals surface area contributed by atoms with Gasteiger partial charge in [-0.2, -0.15) is 0 Å². The number of carboxylic acid groups (broad SMARTS) is 1. The maximum Gasteiger partial charge on any atom is 0.329 e. The van der Waals surface area contributed by atoms with E-state index in [1.54, 1.807) is 25.2 Å². The number of nitrogens with one attached hydrogen (secondary N) is 1. The van der Waals surface area contributed by atoms with Crippen LogP contribution < -0.4 is 11.0 Å². The number of aryl methyl sites for hydroxylation is 1. The Morgan fingerprint density at radius 3 is 2.55 bits per heavy atom. The molecule has 2 aromatic rings. The fourth-order valence-electron chi connectivity index (χ4n) is 2.69. The number of carboxylic acids is 1. The molecule has 2 N–H and O–H groups in total. The van der Waals surface area contributed by atoms with Crippen molar-refractivity contribution >= 4 is 22.9 Å². The number of carbonyl (C=O) groups is 2. The lowest BCUT2D eigenvalue weighted by atomic mass is 10.2. The topological polar surface area (TPSA) is 93.3 Å². The number of carbonyl (C=O) groups excluding carboxylic acids is 1. The Balaban J connectivity index is 1.84. The summed E-state index contributed by atoms with van der Waals surface area (Å²) >= 11 is 0. The molecule has 7 heteroatoms. The number of aromatic nitrogens is 2. The lowest BCUT2D eigenvalue weighted by Gasteiger charge is -2.13. The number of hydrogen-bond acceptors (Lipinski definition) is 3. The van der Waals surface area contributed by atoms with Gasteiger partial charge in [-0.05, 0) is 30.9 Å². The summed E-state index contributed by atoms with van der Waals surface area (Å²) in [6, 6.07) is 6.31. The SMILES string of the molecule is Cn1c(=O)n(CC(=O)NC(C(=O)O)C2CC2)c2ccccc21. The summed E-state index contributed by atoms with van der Waals surface area (Å²) < 4.78 is 2.83. The van der Waals surface area contributed by atoms with Crippen LogP contribution in [0.5, 0.6) is 0 Å². The molecule has 1 heterocycles. The number of rotatable bonds is 5. The summed E-state index contributed by atoms with van der Waals surface area (Å²) in [7, 11) is 1.64. The molecule has 116 valence electrons. The van der Waals surface area contributed by atoms with E-state index < -0.39 is 17.9 Å². The van der Waals surface area contributed by atoms with E-state index in [-0.39, 0.29) is 18.2 Å². The molecule has 1 aromatic heterocycles. The van der Waals surface area contributed by atoms with Gasteiger partial charge >= 0.3 is 11.7 Å². The summed E-state index contributed by atoms with van der Waals surface area (Å²) in [5.41, 5.74) is 1.09. The highest BCUT2D eigenvalue weighted by Gasteiger charge is 2.37. The number of benzene rings is 1. The third-order valence-corrected chi connectivity index (χ3v) is 4.03. The first-order valence-electron chi connectivity index (χ1n) is 7.15. The van der Waals surface area contributed by atoms with Gasteiger partial charge in [-0.15, -0.1) is 0 Å². The zero-order chi connectivity index (χ0) is 15.9. The Labute approximate surface area is 126 Å². The number of hydrogen-bond donors (Lipinski definition) is 2. The van der Waals surface area contributed by atoms with Crippen molar-refractivity contribution in [3.05, 3.63) is 34.7 Å². The molecule has 1 amide bonds. The van der Waals surface area contributed by atoms with Crippen LogP contribution in [0.2, 0.25) is 0 Å². The first-order chi connectivity index (χ1) is 10.5. The van der Waals surface area contributed by atoms with Gasteiger partial charge in [-0.3, -0.25) is 13.9 Å². The van der Waals surface area contributed by atoms with E-state index >= 15 is 0 Å². The summed E-state index contributed by atoms with van der Waals surface area (Å²) in [6.07, 6.45) is 1.62. The van der Waals surface area contributed by atoms with Gasteiger partial charge in [-0.25, -0.2) is 9.59 Å². The van der Waals surface area contributed by atoms with Crippen molar-refractivity contribution in [1.82, 2.24) is 14.5 Å². The smallest absolute Gasteiger partial charge is 0.329 e. The van der Waals surface area contributed by atoms with Crippen molar-refractivity contribution in [3.8, 4) is 0 Å². The minimum atomic E-state index is -1.03. The number of nitrogens with zero attached hydrogens (tertiary/aromatic N) is 2. The lowest BCUT2D eigenvalue weighted by Crippen LogP contribution is -2.44. The van der Waals surface area contributed by atoms with E-state index in [1.807, 2.05) is 6.07 Å². The average Bonchev–Trinajstić information content (AvgIpc) is 3.30. The van der Waals surface area contributed by atoms with Crippen molar-refractivity contribution in [2.75, 3.05) is 0 Å². The van der Waals surface area contributed by atoms with Gasteiger partial charge in [0.05, 0.1) is 11.0 Å². The van der Waals surface area contributed by atoms with Gasteiger partial charge in [0.15, 0.2) is 0 Å². The van der Waals surface area contributed by atoms with Gasteiger partial charge in [0.1, 0.15) is 12.6 Å². The minimum Gasteiger partial charge on any atom is -0.480 e. The monoisotopic (exact) mass is 303 g/mol. The second-order valence-electron chi connectivity index (χ2n) is 5.64. The largest absolute Gasteiger partial charge is 0.480 e. The van der Waals surface area contributed by atoms with Crippen molar-refractivity contribution in [2.24, 2.45) is 13.0 Å². The van der Waals surface area contributed by atoms with Gasteiger partial charge < -0.3 is 10.4 Å². The van der Waals surface area contributed by atoms with Crippen LogP contribution >= 0.6 is 0 Å². The van der Waals surface area contributed by atoms with Crippen LogP contribution in [0.3, 0.4) is 0 Å². The van der Waals surface area contributed by atoms with Gasteiger partial charge in [-0.1, -0.05) is 12.1 Å². The molecule has 1 fully saturated rings. The Kier molecular flexibility index (Phi) is 3.48. The maximum absolute atomic E-state index is 12.2. The van der Waals surface area contributed by atoms with Gasteiger partial charge in [0.2, 0.25) is 5.91 Å². The molecule has 0 radical (unpaired) electrons. The predicted octanol–water partition coefficient (Wildman–Crippen LogP) is 0.319. The van der Waals surface area contributed by atoms with E-state index in [2.05, 4.69) is 5.32 Å². The lowest BCUT2D eigenvalue weighted by molar-refractivity contribution is -0.142.